The zero-order chi connectivity index (χ0) is 18.1. The van der Waals surface area contributed by atoms with E-state index in [4.69, 9.17) is 15.9 Å². The maximum absolute atomic E-state index is 12.8. The predicted octanol–water partition coefficient (Wildman–Crippen LogP) is 2.99. The number of nitrogens with two attached hydrogens (primary N) is 1. The standard InChI is InChI=1S/C19H23FN4O/c1-25-19-10-17(6-7-18(19)15(11-21)12-22)24-9-8-23-13-14-2-4-16(20)5-3-14/h2-7,10-12,21,23-24H,8-9,13,22H2,1H3/b15-12+,21-11?. The third kappa shape index (κ3) is 5.32. The molecule has 2 aromatic rings. The molecule has 25 heavy (non-hydrogen) atoms. The summed E-state index contributed by atoms with van der Waals surface area (Å²) in [6.45, 7) is 2.18. The highest BCUT2D eigenvalue weighted by molar-refractivity contribution is 6.09. The number of ether oxygens (including phenoxy) is 1. The first-order valence-corrected chi connectivity index (χ1v) is 7.97. The lowest BCUT2D eigenvalue weighted by Gasteiger charge is -2.13. The molecule has 0 aliphatic rings. The molecular weight excluding hydrogens is 319 g/mol. The normalized spacial score (nSPS) is 11.2. The Bertz CT molecular complexity index is 729. The molecule has 0 saturated carbocycles. The molecule has 6 heteroatoms. The summed E-state index contributed by atoms with van der Waals surface area (Å²) in [5.74, 6) is 0.433. The lowest BCUT2D eigenvalue weighted by atomic mass is 10.1. The van der Waals surface area contributed by atoms with Crippen LogP contribution in [0, 0.1) is 11.2 Å². The van der Waals surface area contributed by atoms with Gasteiger partial charge in [-0.25, -0.2) is 4.39 Å². The van der Waals surface area contributed by atoms with E-state index in [1.807, 2.05) is 18.2 Å². The molecule has 0 heterocycles. The van der Waals surface area contributed by atoms with Gasteiger partial charge in [0.1, 0.15) is 11.6 Å². The molecule has 0 bridgehead atoms. The molecule has 2 aromatic carbocycles. The van der Waals surface area contributed by atoms with Crippen molar-refractivity contribution >= 4 is 17.5 Å². The Balaban J connectivity index is 1.84. The smallest absolute Gasteiger partial charge is 0.128 e. The van der Waals surface area contributed by atoms with Crippen molar-refractivity contribution in [2.45, 2.75) is 6.54 Å². The second-order valence-corrected chi connectivity index (χ2v) is 5.41. The Morgan fingerprint density at radius 2 is 1.96 bits per heavy atom. The van der Waals surface area contributed by atoms with Crippen molar-refractivity contribution < 1.29 is 9.13 Å². The quantitative estimate of drug-likeness (QED) is 0.417. The zero-order valence-corrected chi connectivity index (χ0v) is 14.2. The third-order valence-corrected chi connectivity index (χ3v) is 3.72. The van der Waals surface area contributed by atoms with Gasteiger partial charge in [0.05, 0.1) is 7.11 Å². The minimum atomic E-state index is -0.224. The zero-order valence-electron chi connectivity index (χ0n) is 14.2. The van der Waals surface area contributed by atoms with Crippen molar-refractivity contribution in [3.05, 3.63) is 65.6 Å². The average Bonchev–Trinajstić information content (AvgIpc) is 2.64. The average molecular weight is 342 g/mol. The minimum Gasteiger partial charge on any atom is -0.496 e. The van der Waals surface area contributed by atoms with Gasteiger partial charge in [0.2, 0.25) is 0 Å². The first-order valence-electron chi connectivity index (χ1n) is 7.97. The minimum absolute atomic E-state index is 0.224. The van der Waals surface area contributed by atoms with E-state index in [2.05, 4.69) is 10.6 Å². The van der Waals surface area contributed by atoms with Crippen molar-refractivity contribution in [3.8, 4) is 5.75 Å². The van der Waals surface area contributed by atoms with Crippen molar-refractivity contribution in [2.24, 2.45) is 5.73 Å². The van der Waals surface area contributed by atoms with Gasteiger partial charge in [0.15, 0.2) is 0 Å². The third-order valence-electron chi connectivity index (χ3n) is 3.72. The fourth-order valence-corrected chi connectivity index (χ4v) is 2.39. The fourth-order valence-electron chi connectivity index (χ4n) is 2.39. The Kier molecular flexibility index (Phi) is 6.98. The molecule has 0 amide bonds. The lowest BCUT2D eigenvalue weighted by molar-refractivity contribution is 0.414. The number of rotatable bonds is 9. The van der Waals surface area contributed by atoms with E-state index in [1.54, 1.807) is 19.2 Å². The molecule has 0 unspecified atom stereocenters. The summed E-state index contributed by atoms with van der Waals surface area (Å²) in [6, 6.07) is 12.1. The summed E-state index contributed by atoms with van der Waals surface area (Å²) in [5.41, 5.74) is 8.88. The highest BCUT2D eigenvalue weighted by Gasteiger charge is 2.07. The number of benzene rings is 2. The van der Waals surface area contributed by atoms with E-state index in [1.165, 1.54) is 24.5 Å². The first kappa shape index (κ1) is 18.5. The van der Waals surface area contributed by atoms with E-state index in [0.29, 0.717) is 17.9 Å². The van der Waals surface area contributed by atoms with Crippen LogP contribution in [0.3, 0.4) is 0 Å². The van der Waals surface area contributed by atoms with Crippen LogP contribution >= 0.6 is 0 Å². The molecule has 0 radical (unpaired) electrons. The van der Waals surface area contributed by atoms with Gasteiger partial charge >= 0.3 is 0 Å². The largest absolute Gasteiger partial charge is 0.496 e. The van der Waals surface area contributed by atoms with Crippen LogP contribution in [0.15, 0.2) is 48.7 Å². The molecule has 5 N–H and O–H groups in total. The first-order chi connectivity index (χ1) is 12.2. The van der Waals surface area contributed by atoms with Crippen LogP contribution < -0.4 is 21.1 Å². The highest BCUT2D eigenvalue weighted by atomic mass is 19.1. The second kappa shape index (κ2) is 9.44. The highest BCUT2D eigenvalue weighted by Crippen LogP contribution is 2.27. The number of methoxy groups -OCH3 is 1. The number of nitrogens with one attached hydrogen (secondary N) is 3. The number of allylic oxidation sites excluding steroid dienone is 1. The van der Waals surface area contributed by atoms with E-state index in [-0.39, 0.29) is 5.82 Å². The van der Waals surface area contributed by atoms with Gasteiger partial charge in [-0.2, -0.15) is 0 Å². The molecule has 0 saturated heterocycles. The summed E-state index contributed by atoms with van der Waals surface area (Å²) < 4.78 is 18.2. The Hall–Kier alpha value is -2.86. The molecule has 132 valence electrons. The van der Waals surface area contributed by atoms with Gasteiger partial charge in [-0.05, 0) is 29.8 Å². The van der Waals surface area contributed by atoms with Crippen molar-refractivity contribution in [3.63, 3.8) is 0 Å². The van der Waals surface area contributed by atoms with Gasteiger partial charge in [0, 0.05) is 54.9 Å². The predicted molar refractivity (Wildman–Crippen MR) is 101 cm³/mol. The topological polar surface area (TPSA) is 83.2 Å². The van der Waals surface area contributed by atoms with E-state index < -0.39 is 0 Å². The van der Waals surface area contributed by atoms with Crippen molar-refractivity contribution in [2.75, 3.05) is 25.5 Å². The van der Waals surface area contributed by atoms with Crippen LogP contribution in [0.1, 0.15) is 11.1 Å². The summed E-state index contributed by atoms with van der Waals surface area (Å²) >= 11 is 0. The van der Waals surface area contributed by atoms with Crippen molar-refractivity contribution in [1.29, 1.82) is 5.41 Å². The molecule has 5 nitrogen and oxygen atoms in total. The SMILES string of the molecule is COc1cc(NCCNCc2ccc(F)cc2)ccc1/C(C=N)=C/N. The summed E-state index contributed by atoms with van der Waals surface area (Å²) in [7, 11) is 1.59. The van der Waals surface area contributed by atoms with Gasteiger partial charge < -0.3 is 26.5 Å². The van der Waals surface area contributed by atoms with E-state index >= 15 is 0 Å². The number of hydrogen-bond donors (Lipinski definition) is 4. The summed E-state index contributed by atoms with van der Waals surface area (Å²) in [4.78, 5) is 0. The monoisotopic (exact) mass is 342 g/mol. The Labute approximate surface area is 147 Å². The van der Waals surface area contributed by atoms with Gasteiger partial charge in [-0.1, -0.05) is 12.1 Å². The number of hydrogen-bond acceptors (Lipinski definition) is 5. The van der Waals surface area contributed by atoms with Crippen molar-refractivity contribution in [1.82, 2.24) is 5.32 Å². The van der Waals surface area contributed by atoms with Gasteiger partial charge in [0.25, 0.3) is 0 Å². The van der Waals surface area contributed by atoms with E-state index in [9.17, 15) is 4.39 Å². The Morgan fingerprint density at radius 1 is 1.20 bits per heavy atom. The van der Waals surface area contributed by atoms with Crippen LogP contribution in [0.5, 0.6) is 5.75 Å². The van der Waals surface area contributed by atoms with Crippen LogP contribution in [-0.2, 0) is 6.54 Å². The molecule has 0 atom stereocenters. The number of anilines is 1. The molecule has 0 aliphatic carbocycles. The lowest BCUT2D eigenvalue weighted by Crippen LogP contribution is -2.21. The molecule has 0 spiro atoms. The Morgan fingerprint density at radius 3 is 2.60 bits per heavy atom. The number of halogens is 1. The molecule has 2 rings (SSSR count). The second-order valence-electron chi connectivity index (χ2n) is 5.41. The van der Waals surface area contributed by atoms with Gasteiger partial charge in [-0.3, -0.25) is 0 Å². The van der Waals surface area contributed by atoms with E-state index in [0.717, 1.165) is 29.9 Å². The molecule has 0 aliphatic heterocycles. The fraction of sp³-hybridized carbons (Fsp3) is 0.211. The van der Waals surface area contributed by atoms with Crippen LogP contribution in [0.25, 0.3) is 5.57 Å². The maximum atomic E-state index is 12.8. The molecule has 0 aromatic heterocycles. The van der Waals surface area contributed by atoms with Crippen LogP contribution in [0.2, 0.25) is 0 Å². The molecular formula is C19H23FN4O. The summed E-state index contributed by atoms with van der Waals surface area (Å²) in [6.07, 6.45) is 2.58. The maximum Gasteiger partial charge on any atom is 0.128 e. The van der Waals surface area contributed by atoms with Crippen LogP contribution in [0.4, 0.5) is 10.1 Å². The van der Waals surface area contributed by atoms with Crippen LogP contribution in [-0.4, -0.2) is 26.4 Å². The van der Waals surface area contributed by atoms with Gasteiger partial charge in [-0.15, -0.1) is 0 Å². The molecule has 0 fully saturated rings. The summed E-state index contributed by atoms with van der Waals surface area (Å²) in [5, 5.41) is 14.0.